The minimum atomic E-state index is -0.397. The Kier molecular flexibility index (Phi) is 4.37. The van der Waals surface area contributed by atoms with Crippen molar-refractivity contribution in [2.45, 2.75) is 0 Å². The van der Waals surface area contributed by atoms with Gasteiger partial charge < -0.3 is 9.47 Å². The van der Waals surface area contributed by atoms with Gasteiger partial charge >= 0.3 is 5.97 Å². The first kappa shape index (κ1) is 11.8. The molecule has 0 radical (unpaired) electrons. The summed E-state index contributed by atoms with van der Waals surface area (Å²) in [6, 6.07) is 7.35. The van der Waals surface area contributed by atoms with Crippen molar-refractivity contribution >= 4 is 28.0 Å². The summed E-state index contributed by atoms with van der Waals surface area (Å²) in [5.74, 6) is 0.382. The average molecular weight is 271 g/mol. The second-order valence-corrected chi connectivity index (χ2v) is 3.61. The predicted octanol–water partition coefficient (Wildman–Crippen LogP) is 2.60. The summed E-state index contributed by atoms with van der Waals surface area (Å²) in [4.78, 5) is 11.1. The van der Waals surface area contributed by atoms with E-state index >= 15 is 0 Å². The number of halogens is 1. The van der Waals surface area contributed by atoms with E-state index < -0.39 is 5.97 Å². The van der Waals surface area contributed by atoms with Crippen LogP contribution in [0.25, 0.3) is 6.08 Å². The summed E-state index contributed by atoms with van der Waals surface area (Å²) >= 11 is 3.13. The molecule has 0 spiro atoms. The van der Waals surface area contributed by atoms with Crippen molar-refractivity contribution in [1.29, 1.82) is 0 Å². The number of ether oxygens (including phenoxy) is 2. The van der Waals surface area contributed by atoms with Crippen LogP contribution in [0, 0.1) is 0 Å². The maximum Gasteiger partial charge on any atom is 0.344 e. The first-order chi connectivity index (χ1) is 7.17. The Morgan fingerprint density at radius 1 is 1.27 bits per heavy atom. The van der Waals surface area contributed by atoms with Gasteiger partial charge in [0.25, 0.3) is 0 Å². The fourth-order valence-corrected chi connectivity index (χ4v) is 1.43. The zero-order chi connectivity index (χ0) is 11.3. The number of methoxy groups -OCH3 is 2. The van der Waals surface area contributed by atoms with Crippen molar-refractivity contribution in [3.05, 3.63) is 34.3 Å². The first-order valence-corrected chi connectivity index (χ1v) is 5.06. The Balaban J connectivity index is 2.84. The molecular formula is C11H11BrO3. The van der Waals surface area contributed by atoms with Gasteiger partial charge in [-0.25, -0.2) is 4.79 Å². The summed E-state index contributed by atoms with van der Waals surface area (Å²) in [7, 11) is 2.95. The molecule has 1 aromatic carbocycles. The molecule has 0 bridgehead atoms. The monoisotopic (exact) mass is 270 g/mol. The molecule has 1 aromatic rings. The Labute approximate surface area is 96.8 Å². The van der Waals surface area contributed by atoms with Crippen LogP contribution in [-0.4, -0.2) is 20.2 Å². The molecule has 0 aliphatic rings. The van der Waals surface area contributed by atoms with Crippen molar-refractivity contribution in [3.8, 4) is 5.75 Å². The normalized spacial score (nSPS) is 11.0. The minimum Gasteiger partial charge on any atom is -0.497 e. The lowest BCUT2D eigenvalue weighted by Crippen LogP contribution is -1.98. The molecule has 0 N–H and O–H groups in total. The first-order valence-electron chi connectivity index (χ1n) is 4.27. The van der Waals surface area contributed by atoms with Crippen LogP contribution < -0.4 is 4.74 Å². The molecule has 80 valence electrons. The Morgan fingerprint density at radius 3 is 2.33 bits per heavy atom. The maximum atomic E-state index is 11.1. The number of carbonyl (C=O) groups excluding carboxylic acids is 1. The van der Waals surface area contributed by atoms with Gasteiger partial charge in [-0.05, 0) is 39.7 Å². The van der Waals surface area contributed by atoms with E-state index in [0.717, 1.165) is 11.3 Å². The lowest BCUT2D eigenvalue weighted by atomic mass is 10.2. The van der Waals surface area contributed by atoms with Gasteiger partial charge in [-0.3, -0.25) is 0 Å². The molecule has 0 unspecified atom stereocenters. The van der Waals surface area contributed by atoms with E-state index in [4.69, 9.17) is 4.74 Å². The molecule has 0 saturated carbocycles. The smallest absolute Gasteiger partial charge is 0.344 e. The highest BCUT2D eigenvalue weighted by Gasteiger charge is 2.04. The van der Waals surface area contributed by atoms with Crippen LogP contribution in [0.4, 0.5) is 0 Å². The number of benzene rings is 1. The van der Waals surface area contributed by atoms with E-state index in [1.807, 2.05) is 24.3 Å². The molecule has 4 heteroatoms. The number of hydrogen-bond acceptors (Lipinski definition) is 3. The summed E-state index contributed by atoms with van der Waals surface area (Å²) < 4.78 is 9.95. The van der Waals surface area contributed by atoms with Crippen LogP contribution in [0.5, 0.6) is 5.75 Å². The molecule has 0 fully saturated rings. The minimum absolute atomic E-state index is 0.384. The molecular weight excluding hydrogens is 260 g/mol. The predicted molar refractivity (Wildman–Crippen MR) is 61.9 cm³/mol. The number of rotatable bonds is 3. The highest BCUT2D eigenvalue weighted by atomic mass is 79.9. The Morgan fingerprint density at radius 2 is 1.87 bits per heavy atom. The summed E-state index contributed by atoms with van der Waals surface area (Å²) in [6.45, 7) is 0. The highest BCUT2D eigenvalue weighted by Crippen LogP contribution is 2.16. The van der Waals surface area contributed by atoms with Gasteiger partial charge in [0.2, 0.25) is 0 Å². The lowest BCUT2D eigenvalue weighted by molar-refractivity contribution is -0.135. The molecule has 1 rings (SSSR count). The van der Waals surface area contributed by atoms with Gasteiger partial charge in [-0.15, -0.1) is 0 Å². The standard InChI is InChI=1S/C11H11BrO3/c1-14-9-5-3-8(4-6-9)7-10(12)11(13)15-2/h3-7H,1-2H3. The van der Waals surface area contributed by atoms with Crippen LogP contribution in [-0.2, 0) is 9.53 Å². The topological polar surface area (TPSA) is 35.5 Å². The number of esters is 1. The van der Waals surface area contributed by atoms with Crippen LogP contribution >= 0.6 is 15.9 Å². The fourth-order valence-electron chi connectivity index (χ4n) is 1.00. The quantitative estimate of drug-likeness (QED) is 0.626. The fraction of sp³-hybridized carbons (Fsp3) is 0.182. The van der Waals surface area contributed by atoms with Gasteiger partial charge in [-0.1, -0.05) is 12.1 Å². The third-order valence-electron chi connectivity index (χ3n) is 1.79. The van der Waals surface area contributed by atoms with E-state index in [2.05, 4.69) is 20.7 Å². The molecule has 3 nitrogen and oxygen atoms in total. The van der Waals surface area contributed by atoms with Crippen LogP contribution in [0.1, 0.15) is 5.56 Å². The van der Waals surface area contributed by atoms with Crippen molar-refractivity contribution < 1.29 is 14.3 Å². The van der Waals surface area contributed by atoms with Crippen LogP contribution in [0.3, 0.4) is 0 Å². The van der Waals surface area contributed by atoms with E-state index in [1.165, 1.54) is 7.11 Å². The van der Waals surface area contributed by atoms with Gasteiger partial charge in [0, 0.05) is 0 Å². The second kappa shape index (κ2) is 5.56. The molecule has 0 heterocycles. The zero-order valence-corrected chi connectivity index (χ0v) is 10.1. The summed E-state index contributed by atoms with van der Waals surface area (Å²) in [5, 5.41) is 0. The van der Waals surface area contributed by atoms with Crippen molar-refractivity contribution in [1.82, 2.24) is 0 Å². The van der Waals surface area contributed by atoms with Gasteiger partial charge in [-0.2, -0.15) is 0 Å². The average Bonchev–Trinajstić information content (AvgIpc) is 2.29. The van der Waals surface area contributed by atoms with E-state index in [9.17, 15) is 4.79 Å². The van der Waals surface area contributed by atoms with Crippen molar-refractivity contribution in [2.75, 3.05) is 14.2 Å². The highest BCUT2D eigenvalue weighted by molar-refractivity contribution is 9.12. The molecule has 0 amide bonds. The van der Waals surface area contributed by atoms with E-state index in [0.29, 0.717) is 4.48 Å². The summed E-state index contributed by atoms with van der Waals surface area (Å²) in [6.07, 6.45) is 1.69. The number of carbonyl (C=O) groups is 1. The van der Waals surface area contributed by atoms with Crippen LogP contribution in [0.2, 0.25) is 0 Å². The van der Waals surface area contributed by atoms with Gasteiger partial charge in [0.15, 0.2) is 0 Å². The lowest BCUT2D eigenvalue weighted by Gasteiger charge is -2.00. The van der Waals surface area contributed by atoms with Gasteiger partial charge in [0.1, 0.15) is 10.2 Å². The Hall–Kier alpha value is -1.29. The maximum absolute atomic E-state index is 11.1. The van der Waals surface area contributed by atoms with E-state index in [1.54, 1.807) is 13.2 Å². The molecule has 0 aliphatic carbocycles. The number of hydrogen-bond donors (Lipinski definition) is 0. The molecule has 0 saturated heterocycles. The summed E-state index contributed by atoms with van der Waals surface area (Å²) in [5.41, 5.74) is 0.896. The SMILES string of the molecule is COC(=O)C(Br)=Cc1ccc(OC)cc1. The van der Waals surface area contributed by atoms with Crippen LogP contribution in [0.15, 0.2) is 28.7 Å². The van der Waals surface area contributed by atoms with E-state index in [-0.39, 0.29) is 0 Å². The Bertz CT molecular complexity index is 368. The molecule has 0 atom stereocenters. The third kappa shape index (κ3) is 3.40. The largest absolute Gasteiger partial charge is 0.497 e. The molecule has 0 aromatic heterocycles. The molecule has 0 aliphatic heterocycles. The van der Waals surface area contributed by atoms with Gasteiger partial charge in [0.05, 0.1) is 14.2 Å². The van der Waals surface area contributed by atoms with Crippen molar-refractivity contribution in [2.24, 2.45) is 0 Å². The zero-order valence-electron chi connectivity index (χ0n) is 8.49. The van der Waals surface area contributed by atoms with Crippen molar-refractivity contribution in [3.63, 3.8) is 0 Å². The molecule has 15 heavy (non-hydrogen) atoms. The third-order valence-corrected chi connectivity index (χ3v) is 2.34. The second-order valence-electron chi connectivity index (χ2n) is 2.76.